The van der Waals surface area contributed by atoms with Crippen LogP contribution in [0, 0.1) is 5.82 Å². The highest BCUT2D eigenvalue weighted by Gasteiger charge is 2.41. The van der Waals surface area contributed by atoms with E-state index in [2.05, 4.69) is 10.3 Å². The van der Waals surface area contributed by atoms with Gasteiger partial charge in [0.2, 0.25) is 0 Å². The summed E-state index contributed by atoms with van der Waals surface area (Å²) in [5, 5.41) is 4.40. The summed E-state index contributed by atoms with van der Waals surface area (Å²) in [5.74, 6) is -1.21. The van der Waals surface area contributed by atoms with Crippen molar-refractivity contribution < 1.29 is 18.7 Å². The highest BCUT2D eigenvalue weighted by molar-refractivity contribution is 6.08. The van der Waals surface area contributed by atoms with Gasteiger partial charge in [-0.25, -0.2) is 14.1 Å². The molecule has 3 heterocycles. The van der Waals surface area contributed by atoms with E-state index in [0.29, 0.717) is 12.0 Å². The minimum Gasteiger partial charge on any atom is -0.443 e. The molecule has 0 spiro atoms. The Labute approximate surface area is 191 Å². The molecule has 1 atom stereocenters. The van der Waals surface area contributed by atoms with Crippen molar-refractivity contribution >= 4 is 28.6 Å². The number of hydrogen-bond acceptors (Lipinski definition) is 5. The van der Waals surface area contributed by atoms with Crippen molar-refractivity contribution in [3.63, 3.8) is 0 Å². The van der Waals surface area contributed by atoms with Crippen LogP contribution in [0.4, 0.5) is 14.9 Å². The predicted octanol–water partition coefficient (Wildman–Crippen LogP) is 5.35. The molecule has 1 aromatic heterocycles. The molecule has 33 heavy (non-hydrogen) atoms. The lowest BCUT2D eigenvalue weighted by Crippen LogP contribution is -2.47. The quantitative estimate of drug-likeness (QED) is 0.547. The molecule has 0 bridgehead atoms. The Kier molecular flexibility index (Phi) is 4.92. The summed E-state index contributed by atoms with van der Waals surface area (Å²) in [6, 6.07) is 13.9. The van der Waals surface area contributed by atoms with E-state index in [9.17, 15) is 14.0 Å². The Morgan fingerprint density at radius 2 is 1.91 bits per heavy atom. The van der Waals surface area contributed by atoms with Gasteiger partial charge in [0.1, 0.15) is 11.4 Å². The first kappa shape index (κ1) is 21.1. The van der Waals surface area contributed by atoms with Crippen LogP contribution >= 0.6 is 0 Å². The topological polar surface area (TPSA) is 71.5 Å². The molecule has 2 aliphatic rings. The number of nitrogens with zero attached hydrogens (tertiary/aromatic N) is 2. The van der Waals surface area contributed by atoms with Crippen molar-refractivity contribution in [2.24, 2.45) is 0 Å². The van der Waals surface area contributed by atoms with Crippen LogP contribution in [0.25, 0.3) is 10.9 Å². The zero-order valence-electron chi connectivity index (χ0n) is 18.7. The molecule has 0 saturated carbocycles. The van der Waals surface area contributed by atoms with E-state index in [1.165, 1.54) is 12.1 Å². The van der Waals surface area contributed by atoms with E-state index < -0.39 is 23.5 Å². The van der Waals surface area contributed by atoms with Gasteiger partial charge in [0.15, 0.2) is 0 Å². The summed E-state index contributed by atoms with van der Waals surface area (Å²) in [6.45, 7) is 5.52. The second kappa shape index (κ2) is 7.69. The molecule has 5 rings (SSSR count). The zero-order chi connectivity index (χ0) is 23.3. The average molecular weight is 445 g/mol. The molecular formula is C26H24FN3O3. The van der Waals surface area contributed by atoms with Gasteiger partial charge in [-0.2, -0.15) is 0 Å². The Morgan fingerprint density at radius 1 is 1.15 bits per heavy atom. The Balaban J connectivity index is 1.66. The lowest BCUT2D eigenvalue weighted by molar-refractivity contribution is -0.127. The molecule has 0 fully saturated rings. The normalized spacial score (nSPS) is 18.0. The number of pyridine rings is 1. The van der Waals surface area contributed by atoms with Crippen molar-refractivity contribution in [1.82, 2.24) is 9.88 Å². The lowest BCUT2D eigenvalue weighted by atomic mass is 9.78. The molecule has 2 aromatic carbocycles. The number of carbonyl (C=O) groups excluding carboxylic acids is 2. The van der Waals surface area contributed by atoms with Crippen LogP contribution in [0.15, 0.2) is 66.0 Å². The van der Waals surface area contributed by atoms with Crippen molar-refractivity contribution in [3.8, 4) is 0 Å². The standard InChI is InChI=1S/C26H24FN3O3/c1-26(2,3)33-25(32)30-14-12-20-22(24(30)31)21(15-6-8-16(27)9-7-15)18-10-11-19-17(23(18)29-20)5-4-13-28-19/h4-11,13,21,29H,12,14H2,1-3H3. The number of hydrogen-bond donors (Lipinski definition) is 1. The smallest absolute Gasteiger partial charge is 0.417 e. The maximum absolute atomic E-state index is 13.7. The van der Waals surface area contributed by atoms with E-state index in [0.717, 1.165) is 38.3 Å². The number of halogens is 1. The summed E-state index contributed by atoms with van der Waals surface area (Å²) >= 11 is 0. The van der Waals surface area contributed by atoms with Gasteiger partial charge in [0.25, 0.3) is 5.91 Å². The molecule has 1 N–H and O–H groups in total. The minimum absolute atomic E-state index is 0.216. The number of ether oxygens (including phenoxy) is 1. The van der Waals surface area contributed by atoms with Gasteiger partial charge < -0.3 is 10.1 Å². The monoisotopic (exact) mass is 445 g/mol. The van der Waals surface area contributed by atoms with Crippen molar-refractivity contribution in [2.45, 2.75) is 38.7 Å². The van der Waals surface area contributed by atoms with E-state index in [1.807, 2.05) is 24.3 Å². The van der Waals surface area contributed by atoms with Gasteiger partial charge in [-0.05, 0) is 62.2 Å². The molecule has 2 aliphatic heterocycles. The maximum Gasteiger partial charge on any atom is 0.417 e. The number of anilines is 1. The van der Waals surface area contributed by atoms with Crippen LogP contribution in [-0.4, -0.2) is 34.0 Å². The first-order valence-corrected chi connectivity index (χ1v) is 10.9. The number of rotatable bonds is 1. The number of nitrogens with one attached hydrogen (secondary N) is 1. The number of imide groups is 1. The molecule has 168 valence electrons. The van der Waals surface area contributed by atoms with Crippen molar-refractivity contribution in [3.05, 3.63) is 82.9 Å². The van der Waals surface area contributed by atoms with E-state index in [1.54, 1.807) is 39.1 Å². The Hall–Kier alpha value is -3.74. The van der Waals surface area contributed by atoms with Crippen LogP contribution in [0.5, 0.6) is 0 Å². The molecule has 7 heteroatoms. The summed E-state index contributed by atoms with van der Waals surface area (Å²) in [4.78, 5) is 32.0. The van der Waals surface area contributed by atoms with E-state index in [-0.39, 0.29) is 12.4 Å². The fourth-order valence-corrected chi connectivity index (χ4v) is 4.51. The highest BCUT2D eigenvalue weighted by atomic mass is 19.1. The molecule has 0 radical (unpaired) electrons. The van der Waals surface area contributed by atoms with Crippen LogP contribution in [0.1, 0.15) is 44.2 Å². The molecule has 2 amide bonds. The van der Waals surface area contributed by atoms with Crippen molar-refractivity contribution in [1.29, 1.82) is 0 Å². The molecule has 3 aromatic rings. The second-order valence-corrected chi connectivity index (χ2v) is 9.29. The molecule has 0 saturated heterocycles. The second-order valence-electron chi connectivity index (χ2n) is 9.29. The zero-order valence-corrected chi connectivity index (χ0v) is 18.7. The number of amides is 2. The van der Waals surface area contributed by atoms with E-state index >= 15 is 0 Å². The van der Waals surface area contributed by atoms with Gasteiger partial charge in [0.05, 0.1) is 11.2 Å². The first-order chi connectivity index (χ1) is 15.7. The maximum atomic E-state index is 13.7. The highest BCUT2D eigenvalue weighted by Crippen LogP contribution is 2.46. The summed E-state index contributed by atoms with van der Waals surface area (Å²) in [5.41, 5.74) is 3.89. The third kappa shape index (κ3) is 3.73. The fraction of sp³-hybridized carbons (Fsp3) is 0.269. The molecule has 6 nitrogen and oxygen atoms in total. The number of benzene rings is 2. The molecular weight excluding hydrogens is 421 g/mol. The van der Waals surface area contributed by atoms with Crippen LogP contribution in [0.3, 0.4) is 0 Å². The predicted molar refractivity (Wildman–Crippen MR) is 123 cm³/mol. The third-order valence-electron chi connectivity index (χ3n) is 5.90. The molecule has 0 aliphatic carbocycles. The third-order valence-corrected chi connectivity index (χ3v) is 5.90. The van der Waals surface area contributed by atoms with Crippen LogP contribution in [-0.2, 0) is 9.53 Å². The largest absolute Gasteiger partial charge is 0.443 e. The average Bonchev–Trinajstić information content (AvgIpc) is 2.77. The van der Waals surface area contributed by atoms with Gasteiger partial charge in [0, 0.05) is 41.7 Å². The molecule has 1 unspecified atom stereocenters. The van der Waals surface area contributed by atoms with Gasteiger partial charge in [-0.3, -0.25) is 9.78 Å². The minimum atomic E-state index is -0.717. The SMILES string of the molecule is CC(C)(C)OC(=O)N1CCC2=C(C1=O)C(c1ccc(F)cc1)c1ccc3ncccc3c1N2. The summed E-state index contributed by atoms with van der Waals surface area (Å²) in [6.07, 6.45) is 1.54. The fourth-order valence-electron chi connectivity index (χ4n) is 4.51. The number of carbonyl (C=O) groups is 2. The first-order valence-electron chi connectivity index (χ1n) is 10.9. The van der Waals surface area contributed by atoms with Gasteiger partial charge in [-0.15, -0.1) is 0 Å². The lowest BCUT2D eigenvalue weighted by Gasteiger charge is -2.38. The van der Waals surface area contributed by atoms with E-state index in [4.69, 9.17) is 4.74 Å². The summed E-state index contributed by atoms with van der Waals surface area (Å²) in [7, 11) is 0. The van der Waals surface area contributed by atoms with Crippen LogP contribution < -0.4 is 5.32 Å². The number of fused-ring (bicyclic) bond motifs is 3. The Bertz CT molecular complexity index is 1310. The van der Waals surface area contributed by atoms with Gasteiger partial charge >= 0.3 is 6.09 Å². The summed E-state index contributed by atoms with van der Waals surface area (Å²) < 4.78 is 19.2. The van der Waals surface area contributed by atoms with Gasteiger partial charge in [-0.1, -0.05) is 18.2 Å². The van der Waals surface area contributed by atoms with Crippen molar-refractivity contribution in [2.75, 3.05) is 11.9 Å². The Morgan fingerprint density at radius 3 is 2.64 bits per heavy atom. The number of aromatic nitrogens is 1. The van der Waals surface area contributed by atoms with Crippen LogP contribution in [0.2, 0.25) is 0 Å².